The van der Waals surface area contributed by atoms with Crippen LogP contribution < -0.4 is 5.32 Å². The normalized spacial score (nSPS) is 28.0. The number of likely N-dealkylation sites (N-methyl/N-ethyl adjacent to an activating group) is 1. The molecular formula is C14H28N2O3. The second-order valence-corrected chi connectivity index (χ2v) is 5.95. The van der Waals surface area contributed by atoms with E-state index < -0.39 is 11.5 Å². The van der Waals surface area contributed by atoms with Crippen molar-refractivity contribution in [3.63, 3.8) is 0 Å². The van der Waals surface area contributed by atoms with Crippen LogP contribution in [0.4, 0.5) is 0 Å². The highest BCUT2D eigenvalue weighted by Gasteiger charge is 2.35. The summed E-state index contributed by atoms with van der Waals surface area (Å²) in [5.41, 5.74) is -0.925. The molecular weight excluding hydrogens is 244 g/mol. The number of carboxylic acids is 1. The third-order valence-corrected chi connectivity index (χ3v) is 4.20. The van der Waals surface area contributed by atoms with Crippen molar-refractivity contribution in [1.29, 1.82) is 0 Å². The first-order chi connectivity index (χ1) is 8.85. The van der Waals surface area contributed by atoms with Gasteiger partial charge in [0.25, 0.3) is 0 Å². The third kappa shape index (κ3) is 4.44. The van der Waals surface area contributed by atoms with Gasteiger partial charge in [-0.2, -0.15) is 0 Å². The number of methoxy groups -OCH3 is 1. The van der Waals surface area contributed by atoms with Gasteiger partial charge >= 0.3 is 5.97 Å². The summed E-state index contributed by atoms with van der Waals surface area (Å²) < 4.78 is 5.56. The number of carbonyl (C=O) groups is 1. The maximum absolute atomic E-state index is 11.4. The van der Waals surface area contributed by atoms with Crippen LogP contribution in [0.2, 0.25) is 0 Å². The number of piperidine rings is 1. The number of carboxylic acid groups (broad SMARTS) is 1. The molecule has 0 aromatic carbocycles. The summed E-state index contributed by atoms with van der Waals surface area (Å²) in [5, 5.41) is 12.4. The second-order valence-electron chi connectivity index (χ2n) is 5.95. The van der Waals surface area contributed by atoms with Crippen molar-refractivity contribution < 1.29 is 14.6 Å². The number of nitrogens with zero attached hydrogens (tertiary/aromatic N) is 1. The minimum absolute atomic E-state index is 0.0872. The number of rotatable bonds is 7. The highest BCUT2D eigenvalue weighted by molar-refractivity contribution is 5.78. The van der Waals surface area contributed by atoms with E-state index in [1.807, 2.05) is 6.92 Å². The summed E-state index contributed by atoms with van der Waals surface area (Å²) in [4.78, 5) is 13.7. The molecule has 5 nitrogen and oxygen atoms in total. The Kier molecular flexibility index (Phi) is 5.77. The fourth-order valence-corrected chi connectivity index (χ4v) is 2.71. The van der Waals surface area contributed by atoms with E-state index in [2.05, 4.69) is 17.1 Å². The number of hydrogen-bond acceptors (Lipinski definition) is 4. The summed E-state index contributed by atoms with van der Waals surface area (Å²) in [6, 6.07) is 0. The Morgan fingerprint density at radius 3 is 2.79 bits per heavy atom. The molecule has 1 aliphatic rings. The van der Waals surface area contributed by atoms with E-state index in [9.17, 15) is 9.90 Å². The van der Waals surface area contributed by atoms with Crippen LogP contribution in [0.25, 0.3) is 0 Å². The van der Waals surface area contributed by atoms with E-state index in [-0.39, 0.29) is 5.60 Å². The molecule has 2 unspecified atom stereocenters. The molecule has 0 bridgehead atoms. The molecule has 1 aliphatic heterocycles. The molecule has 0 aromatic heterocycles. The molecule has 0 radical (unpaired) electrons. The van der Waals surface area contributed by atoms with Gasteiger partial charge < -0.3 is 20.1 Å². The Balaban J connectivity index is 2.53. The van der Waals surface area contributed by atoms with Gasteiger partial charge in [0, 0.05) is 20.2 Å². The third-order valence-electron chi connectivity index (χ3n) is 4.20. The van der Waals surface area contributed by atoms with Crippen LogP contribution in [0.1, 0.15) is 40.0 Å². The predicted molar refractivity (Wildman–Crippen MR) is 75.4 cm³/mol. The van der Waals surface area contributed by atoms with Gasteiger partial charge in [-0.05, 0) is 46.2 Å². The topological polar surface area (TPSA) is 61.8 Å². The van der Waals surface area contributed by atoms with Crippen LogP contribution in [0.15, 0.2) is 0 Å². The van der Waals surface area contributed by atoms with E-state index in [0.29, 0.717) is 13.0 Å². The minimum atomic E-state index is -0.838. The summed E-state index contributed by atoms with van der Waals surface area (Å²) in [5.74, 6) is -0.777. The summed E-state index contributed by atoms with van der Waals surface area (Å²) in [6.07, 6.45) is 2.79. The Hall–Kier alpha value is -0.650. The van der Waals surface area contributed by atoms with Crippen LogP contribution in [0.3, 0.4) is 0 Å². The highest BCUT2D eigenvalue weighted by atomic mass is 16.5. The van der Waals surface area contributed by atoms with Gasteiger partial charge in [0.1, 0.15) is 5.54 Å². The molecule has 112 valence electrons. The molecule has 2 atom stereocenters. The monoisotopic (exact) mass is 272 g/mol. The lowest BCUT2D eigenvalue weighted by Gasteiger charge is -2.40. The van der Waals surface area contributed by atoms with Crippen molar-refractivity contribution in [2.24, 2.45) is 0 Å². The molecule has 5 heteroatoms. The number of aliphatic carboxylic acids is 1. The fraction of sp³-hybridized carbons (Fsp3) is 0.929. The van der Waals surface area contributed by atoms with Gasteiger partial charge in [-0.25, -0.2) is 0 Å². The lowest BCUT2D eigenvalue weighted by Crippen LogP contribution is -2.53. The minimum Gasteiger partial charge on any atom is -0.480 e. The van der Waals surface area contributed by atoms with Crippen molar-refractivity contribution in [2.75, 3.05) is 33.3 Å². The zero-order valence-corrected chi connectivity index (χ0v) is 12.7. The van der Waals surface area contributed by atoms with Crippen LogP contribution in [0.5, 0.6) is 0 Å². The summed E-state index contributed by atoms with van der Waals surface area (Å²) >= 11 is 0. The molecule has 0 amide bonds. The van der Waals surface area contributed by atoms with Crippen LogP contribution in [-0.2, 0) is 9.53 Å². The molecule has 1 heterocycles. The summed E-state index contributed by atoms with van der Waals surface area (Å²) in [6.45, 7) is 9.18. The van der Waals surface area contributed by atoms with Crippen LogP contribution in [0, 0.1) is 0 Å². The first-order valence-electron chi connectivity index (χ1n) is 7.11. The SMILES string of the molecule is CCNC(C)(CCN1CCCC(C)(OC)C1)C(=O)O. The zero-order chi connectivity index (χ0) is 14.5. The van der Waals surface area contributed by atoms with E-state index in [4.69, 9.17) is 4.74 Å². The lowest BCUT2D eigenvalue weighted by molar-refractivity contribution is -0.144. The Morgan fingerprint density at radius 2 is 2.26 bits per heavy atom. The predicted octanol–water partition coefficient (Wildman–Crippen LogP) is 1.33. The average Bonchev–Trinajstić information content (AvgIpc) is 2.37. The van der Waals surface area contributed by atoms with Crippen LogP contribution in [-0.4, -0.2) is 60.4 Å². The molecule has 1 saturated heterocycles. The van der Waals surface area contributed by atoms with E-state index in [1.165, 1.54) is 0 Å². The average molecular weight is 272 g/mol. The number of nitrogens with one attached hydrogen (secondary N) is 1. The lowest BCUT2D eigenvalue weighted by atomic mass is 9.92. The largest absolute Gasteiger partial charge is 0.480 e. The smallest absolute Gasteiger partial charge is 0.323 e. The fourth-order valence-electron chi connectivity index (χ4n) is 2.71. The number of hydrogen-bond donors (Lipinski definition) is 2. The van der Waals surface area contributed by atoms with Crippen molar-refractivity contribution in [3.05, 3.63) is 0 Å². The zero-order valence-electron chi connectivity index (χ0n) is 12.7. The first-order valence-corrected chi connectivity index (χ1v) is 7.11. The maximum atomic E-state index is 11.4. The van der Waals surface area contributed by atoms with Gasteiger partial charge in [0.05, 0.1) is 5.60 Å². The number of likely N-dealkylation sites (tertiary alicyclic amines) is 1. The molecule has 1 rings (SSSR count). The van der Waals surface area contributed by atoms with Gasteiger partial charge in [-0.1, -0.05) is 6.92 Å². The molecule has 0 spiro atoms. The molecule has 0 saturated carbocycles. The standard InChI is InChI=1S/C14H28N2O3/c1-5-15-14(3,12(17)18)8-10-16-9-6-7-13(2,11-16)19-4/h15H,5-11H2,1-4H3,(H,17,18). The number of ether oxygens (including phenoxy) is 1. The highest BCUT2D eigenvalue weighted by Crippen LogP contribution is 2.24. The molecule has 0 aromatic rings. The van der Waals surface area contributed by atoms with Gasteiger partial charge in [-0.15, -0.1) is 0 Å². The Bertz CT molecular complexity index is 311. The first kappa shape index (κ1) is 16.4. The van der Waals surface area contributed by atoms with Gasteiger partial charge in [0.15, 0.2) is 0 Å². The second kappa shape index (κ2) is 6.68. The van der Waals surface area contributed by atoms with E-state index in [1.54, 1.807) is 14.0 Å². The van der Waals surface area contributed by atoms with Crippen molar-refractivity contribution in [1.82, 2.24) is 10.2 Å². The van der Waals surface area contributed by atoms with Gasteiger partial charge in [0.2, 0.25) is 0 Å². The Labute approximate surface area is 116 Å². The van der Waals surface area contributed by atoms with E-state index >= 15 is 0 Å². The van der Waals surface area contributed by atoms with Crippen molar-refractivity contribution in [2.45, 2.75) is 51.2 Å². The maximum Gasteiger partial charge on any atom is 0.323 e. The molecule has 2 N–H and O–H groups in total. The van der Waals surface area contributed by atoms with Crippen LogP contribution >= 0.6 is 0 Å². The van der Waals surface area contributed by atoms with Crippen molar-refractivity contribution in [3.8, 4) is 0 Å². The molecule has 1 fully saturated rings. The molecule has 19 heavy (non-hydrogen) atoms. The van der Waals surface area contributed by atoms with E-state index in [0.717, 1.165) is 32.5 Å². The quantitative estimate of drug-likeness (QED) is 0.732. The summed E-state index contributed by atoms with van der Waals surface area (Å²) in [7, 11) is 1.75. The van der Waals surface area contributed by atoms with Gasteiger partial charge in [-0.3, -0.25) is 4.79 Å². The molecule has 0 aliphatic carbocycles. The van der Waals surface area contributed by atoms with Crippen molar-refractivity contribution >= 4 is 5.97 Å². The Morgan fingerprint density at radius 1 is 1.58 bits per heavy atom.